The molecule has 1 amide bonds. The normalized spacial score (nSPS) is 26.3. The Balaban J connectivity index is 2.99. The number of primary amides is 1. The maximum atomic E-state index is 12.6. The van der Waals surface area contributed by atoms with Crippen molar-refractivity contribution in [2.24, 2.45) is 17.4 Å². The van der Waals surface area contributed by atoms with E-state index in [4.69, 9.17) is 11.5 Å². The van der Waals surface area contributed by atoms with E-state index in [0.29, 0.717) is 6.42 Å². The molecule has 1 saturated heterocycles. The Labute approximate surface area is 109 Å². The summed E-state index contributed by atoms with van der Waals surface area (Å²) >= 11 is 0. The summed E-state index contributed by atoms with van der Waals surface area (Å²) in [6, 6.07) is -0.273. The van der Waals surface area contributed by atoms with Gasteiger partial charge in [0.15, 0.2) is 11.3 Å². The number of likely N-dealkylation sites (tertiary alicyclic amines) is 1. The molecule has 0 aromatic heterocycles. The minimum Gasteiger partial charge on any atom is -0.368 e. The molecule has 2 unspecified atom stereocenters. The molecule has 0 spiro atoms. The zero-order chi connectivity index (χ0) is 13.9. The summed E-state index contributed by atoms with van der Waals surface area (Å²) in [5.41, 5.74) is 9.94. The molecule has 0 aromatic rings. The summed E-state index contributed by atoms with van der Waals surface area (Å²) in [5.74, 6) is -1.16. The number of nitrogens with zero attached hydrogens (tertiary/aromatic N) is 1. The standard InChI is InChI=1S/C13H25N3O2/c1-4-9(2)13(15,12(14)18)11(17)10-7-5-6-8-16(10)3/h9-10H,4-8,15H2,1-3H3,(H2,14,18)/t9?,10-,13?/m1/s1. The first-order valence-corrected chi connectivity index (χ1v) is 6.69. The highest BCUT2D eigenvalue weighted by Gasteiger charge is 2.48. The van der Waals surface area contributed by atoms with Gasteiger partial charge in [-0.15, -0.1) is 0 Å². The molecular formula is C13H25N3O2. The molecule has 1 heterocycles. The van der Waals surface area contributed by atoms with Gasteiger partial charge >= 0.3 is 0 Å². The molecule has 4 N–H and O–H groups in total. The van der Waals surface area contributed by atoms with Crippen LogP contribution in [0.1, 0.15) is 39.5 Å². The highest BCUT2D eigenvalue weighted by molar-refractivity contribution is 6.12. The Morgan fingerprint density at radius 2 is 2.06 bits per heavy atom. The SMILES string of the molecule is CCC(C)C(N)(C(N)=O)C(=O)[C@H]1CCCCN1C. The van der Waals surface area contributed by atoms with Crippen LogP contribution in [0, 0.1) is 5.92 Å². The van der Waals surface area contributed by atoms with Crippen molar-refractivity contribution < 1.29 is 9.59 Å². The van der Waals surface area contributed by atoms with Crippen LogP contribution in [0.25, 0.3) is 0 Å². The number of hydrogen-bond donors (Lipinski definition) is 2. The molecule has 1 aliphatic rings. The van der Waals surface area contributed by atoms with E-state index in [2.05, 4.69) is 0 Å². The van der Waals surface area contributed by atoms with Crippen LogP contribution in [0.3, 0.4) is 0 Å². The number of carbonyl (C=O) groups excluding carboxylic acids is 2. The first-order chi connectivity index (χ1) is 8.35. The highest BCUT2D eigenvalue weighted by Crippen LogP contribution is 2.25. The van der Waals surface area contributed by atoms with Crippen molar-refractivity contribution in [2.45, 2.75) is 51.1 Å². The molecule has 5 nitrogen and oxygen atoms in total. The molecule has 5 heteroatoms. The predicted molar refractivity (Wildman–Crippen MR) is 70.8 cm³/mol. The summed E-state index contributed by atoms with van der Waals surface area (Å²) in [5, 5.41) is 0. The van der Waals surface area contributed by atoms with Gasteiger partial charge < -0.3 is 11.5 Å². The van der Waals surface area contributed by atoms with Gasteiger partial charge in [-0.2, -0.15) is 0 Å². The summed E-state index contributed by atoms with van der Waals surface area (Å²) < 4.78 is 0. The van der Waals surface area contributed by atoms with Gasteiger partial charge in [0.1, 0.15) is 0 Å². The average molecular weight is 255 g/mol. The van der Waals surface area contributed by atoms with Crippen molar-refractivity contribution >= 4 is 11.7 Å². The minimum atomic E-state index is -1.54. The average Bonchev–Trinajstić information content (AvgIpc) is 2.36. The van der Waals surface area contributed by atoms with Gasteiger partial charge in [-0.25, -0.2) is 0 Å². The van der Waals surface area contributed by atoms with Gasteiger partial charge in [-0.3, -0.25) is 14.5 Å². The lowest BCUT2D eigenvalue weighted by atomic mass is 9.76. The molecule has 1 rings (SSSR count). The van der Waals surface area contributed by atoms with Crippen molar-refractivity contribution in [3.63, 3.8) is 0 Å². The Morgan fingerprint density at radius 1 is 1.44 bits per heavy atom. The third-order valence-corrected chi connectivity index (χ3v) is 4.28. The number of ketones is 1. The van der Waals surface area contributed by atoms with Gasteiger partial charge in [0, 0.05) is 0 Å². The summed E-state index contributed by atoms with van der Waals surface area (Å²) in [6.07, 6.45) is 3.49. The lowest BCUT2D eigenvalue weighted by molar-refractivity contribution is -0.140. The van der Waals surface area contributed by atoms with Crippen LogP contribution >= 0.6 is 0 Å². The molecular weight excluding hydrogens is 230 g/mol. The van der Waals surface area contributed by atoms with Gasteiger partial charge in [0.2, 0.25) is 5.91 Å². The lowest BCUT2D eigenvalue weighted by Crippen LogP contribution is -2.67. The Kier molecular flexibility index (Phi) is 4.87. The van der Waals surface area contributed by atoms with Gasteiger partial charge in [0.25, 0.3) is 0 Å². The fourth-order valence-corrected chi connectivity index (χ4v) is 2.61. The number of carbonyl (C=O) groups is 2. The molecule has 0 radical (unpaired) electrons. The molecule has 3 atom stereocenters. The van der Waals surface area contributed by atoms with Crippen molar-refractivity contribution in [2.75, 3.05) is 13.6 Å². The van der Waals surface area contributed by atoms with Crippen LogP contribution in [0.5, 0.6) is 0 Å². The Hall–Kier alpha value is -0.940. The molecule has 1 fully saturated rings. The van der Waals surface area contributed by atoms with Crippen LogP contribution in [0.4, 0.5) is 0 Å². The largest absolute Gasteiger partial charge is 0.368 e. The van der Waals surface area contributed by atoms with Gasteiger partial charge in [-0.1, -0.05) is 26.7 Å². The van der Waals surface area contributed by atoms with Crippen LogP contribution in [-0.4, -0.2) is 41.8 Å². The van der Waals surface area contributed by atoms with E-state index in [9.17, 15) is 9.59 Å². The van der Waals surface area contributed by atoms with E-state index in [0.717, 1.165) is 25.8 Å². The van der Waals surface area contributed by atoms with Crippen molar-refractivity contribution in [1.82, 2.24) is 4.90 Å². The van der Waals surface area contributed by atoms with E-state index in [1.165, 1.54) is 0 Å². The number of Topliss-reactive ketones (excluding diaryl/α,β-unsaturated/α-hetero) is 1. The van der Waals surface area contributed by atoms with Crippen molar-refractivity contribution in [3.8, 4) is 0 Å². The summed E-state index contributed by atoms with van der Waals surface area (Å²) in [4.78, 5) is 26.3. The molecule has 0 aromatic carbocycles. The van der Waals surface area contributed by atoms with Gasteiger partial charge in [0.05, 0.1) is 6.04 Å². The third kappa shape index (κ3) is 2.57. The molecule has 18 heavy (non-hydrogen) atoms. The molecule has 104 valence electrons. The minimum absolute atomic E-state index is 0.216. The van der Waals surface area contributed by atoms with Gasteiger partial charge in [-0.05, 0) is 32.4 Å². The smallest absolute Gasteiger partial charge is 0.245 e. The third-order valence-electron chi connectivity index (χ3n) is 4.28. The fourth-order valence-electron chi connectivity index (χ4n) is 2.61. The zero-order valence-electron chi connectivity index (χ0n) is 11.6. The number of nitrogens with two attached hydrogens (primary N) is 2. The quantitative estimate of drug-likeness (QED) is 0.690. The number of rotatable bonds is 5. The van der Waals surface area contributed by atoms with Crippen LogP contribution in [0.15, 0.2) is 0 Å². The van der Waals surface area contributed by atoms with E-state index in [1.807, 2.05) is 25.8 Å². The summed E-state index contributed by atoms with van der Waals surface area (Å²) in [6.45, 7) is 4.59. The number of likely N-dealkylation sites (N-methyl/N-ethyl adjacent to an activating group) is 1. The first-order valence-electron chi connectivity index (χ1n) is 6.69. The Bertz CT molecular complexity index is 332. The maximum absolute atomic E-state index is 12.6. The molecule has 1 aliphatic heterocycles. The second-order valence-electron chi connectivity index (χ2n) is 5.40. The van der Waals surface area contributed by atoms with Crippen LogP contribution in [-0.2, 0) is 9.59 Å². The number of amides is 1. The van der Waals surface area contributed by atoms with E-state index in [-0.39, 0.29) is 17.7 Å². The second-order valence-corrected chi connectivity index (χ2v) is 5.40. The summed E-state index contributed by atoms with van der Waals surface area (Å²) in [7, 11) is 1.90. The highest BCUT2D eigenvalue weighted by atomic mass is 16.2. The van der Waals surface area contributed by atoms with Crippen molar-refractivity contribution in [3.05, 3.63) is 0 Å². The number of hydrogen-bond acceptors (Lipinski definition) is 4. The maximum Gasteiger partial charge on any atom is 0.245 e. The molecule has 0 saturated carbocycles. The topological polar surface area (TPSA) is 89.4 Å². The fraction of sp³-hybridized carbons (Fsp3) is 0.846. The van der Waals surface area contributed by atoms with Crippen LogP contribution < -0.4 is 11.5 Å². The second kappa shape index (κ2) is 5.80. The number of piperidine rings is 1. The monoisotopic (exact) mass is 255 g/mol. The first kappa shape index (κ1) is 15.1. The van der Waals surface area contributed by atoms with E-state index < -0.39 is 11.4 Å². The van der Waals surface area contributed by atoms with E-state index in [1.54, 1.807) is 0 Å². The van der Waals surface area contributed by atoms with Crippen LogP contribution in [0.2, 0.25) is 0 Å². The molecule has 0 aliphatic carbocycles. The Morgan fingerprint density at radius 3 is 2.50 bits per heavy atom. The van der Waals surface area contributed by atoms with Crippen molar-refractivity contribution in [1.29, 1.82) is 0 Å². The molecule has 0 bridgehead atoms. The van der Waals surface area contributed by atoms with E-state index >= 15 is 0 Å². The predicted octanol–water partition coefficient (Wildman–Crippen LogP) is 0.269. The lowest BCUT2D eigenvalue weighted by Gasteiger charge is -2.38. The zero-order valence-corrected chi connectivity index (χ0v) is 11.6.